The van der Waals surface area contributed by atoms with Gasteiger partial charge < -0.3 is 70.0 Å². The molecule has 0 aliphatic carbocycles. The van der Waals surface area contributed by atoms with Crippen LogP contribution in [0.5, 0.6) is 0 Å². The minimum absolute atomic E-state index is 0. The van der Waals surface area contributed by atoms with Gasteiger partial charge in [-0.1, -0.05) is 122 Å². The largest absolute Gasteiger partial charge is 1.00 e. The van der Waals surface area contributed by atoms with E-state index in [1.807, 2.05) is 13.8 Å². The average Bonchev–Trinajstić information content (AvgIpc) is 1.65. The molecule has 0 bridgehead atoms. The van der Waals surface area contributed by atoms with Gasteiger partial charge in [0.25, 0.3) is 18.3 Å². The number of benzene rings is 5. The molecule has 0 saturated carbocycles. The van der Waals surface area contributed by atoms with Crippen molar-refractivity contribution in [3.05, 3.63) is 164 Å². The number of aliphatic hydroxyl groups is 3. The number of fused-ring (bicyclic) bond motifs is 2. The number of carboxylic acids is 1. The van der Waals surface area contributed by atoms with Gasteiger partial charge in [0.15, 0.2) is 11.4 Å². The van der Waals surface area contributed by atoms with E-state index < -0.39 is 53.1 Å². The van der Waals surface area contributed by atoms with Crippen LogP contribution in [-0.4, -0.2) is 150 Å². The predicted molar refractivity (Wildman–Crippen MR) is 355 cm³/mol. The molecule has 7 rings (SSSR count). The minimum Gasteiger partial charge on any atom is -1.00 e. The molecular weight excluding hydrogens is 1410 g/mol. The van der Waals surface area contributed by atoms with E-state index in [4.69, 9.17) is 89.0 Å². The van der Waals surface area contributed by atoms with Gasteiger partial charge >= 0.3 is 109 Å². The van der Waals surface area contributed by atoms with Crippen LogP contribution >= 0.6 is 46.4 Å². The molecular formula is C63H82Cl4F3K2N11O14. The SMILES string of the molecule is C.C.C[C@@H](N)CCO.C[C@H](CCO)N(CC(=O)NCc1cccc(Cl)c1F)C(=O)Cn1nc(C(N)=O)c2ccccc21.C[C@H](CCO)NCC(=O)NCc1cccc(Cl)c1F.NC(=O)c1nn(CC(=O)O)c2ccccc12.O=C(CCl)CCc1cccc(Cl)c1F.O=CO[O-].[H-].[K+].[K+]. The first-order chi connectivity index (χ1) is 44.2. The summed E-state index contributed by atoms with van der Waals surface area (Å²) in [5.74, 6) is -5.30. The first kappa shape index (κ1) is 96.2. The fraction of sp³-hybridized carbons (Fsp3) is 0.365. The number of primary amides is 2. The molecule has 34 heteroatoms. The molecule has 524 valence electrons. The monoisotopic (exact) mass is 1490 g/mol. The Morgan fingerprint density at radius 2 is 1.07 bits per heavy atom. The fourth-order valence-electron chi connectivity index (χ4n) is 7.92. The van der Waals surface area contributed by atoms with Crippen molar-refractivity contribution in [1.29, 1.82) is 0 Å². The number of aliphatic hydroxyl groups excluding tert-OH is 3. The van der Waals surface area contributed by atoms with Crippen LogP contribution in [0.2, 0.25) is 15.1 Å². The zero-order valence-electron chi connectivity index (χ0n) is 53.7. The minimum atomic E-state index is -1.02. The number of hydrogen-bond acceptors (Lipinski definition) is 17. The first-order valence-corrected chi connectivity index (χ1v) is 29.8. The van der Waals surface area contributed by atoms with Gasteiger partial charge in [0.2, 0.25) is 17.7 Å². The normalized spacial score (nSPS) is 10.9. The number of nitrogens with two attached hydrogens (primary N) is 3. The van der Waals surface area contributed by atoms with E-state index in [0.717, 1.165) is 0 Å². The second kappa shape index (κ2) is 52.9. The maximum absolute atomic E-state index is 14.1. The number of hydrogen-bond donors (Lipinski definition) is 10. The number of rotatable bonds is 27. The molecule has 2 aromatic heterocycles. The van der Waals surface area contributed by atoms with Crippen molar-refractivity contribution in [3.63, 3.8) is 0 Å². The number of aliphatic carboxylic acids is 1. The first-order valence-electron chi connectivity index (χ1n) is 28.2. The summed E-state index contributed by atoms with van der Waals surface area (Å²) in [5.41, 5.74) is 18.1. The van der Waals surface area contributed by atoms with Gasteiger partial charge in [0, 0.05) is 79.4 Å². The van der Waals surface area contributed by atoms with Gasteiger partial charge in [-0.25, -0.2) is 13.2 Å². The van der Waals surface area contributed by atoms with E-state index >= 15 is 0 Å². The zero-order valence-corrected chi connectivity index (χ0v) is 62.0. The number of carbonyl (C=O) groups excluding carboxylic acids is 7. The number of aryl methyl sites for hydroxylation is 1. The van der Waals surface area contributed by atoms with Gasteiger partial charge in [-0.2, -0.15) is 10.2 Å². The predicted octanol–water partition coefficient (Wildman–Crippen LogP) is 0.282. The number of Topliss-reactive ketones (excluding diaryl/α,β-unsaturated/α-hetero) is 1. The standard InChI is InChI=1S/C23H25ClFN5O4.C13H18ClFN2O2.C10H9Cl2FO.C10H9N3O3.C4H11NO.CH2O3.2CH4.2K.H/c1-14(9-10-31)29(12-19(32)27-11-15-5-4-7-17(24)21(15)25)20(33)13-30-18-8-3-2-6-16(18)22(28-30)23(26)34;1-9(5-6-18)16-8-12(19)17-7-10-3-2-4-11(14)13(10)15;11-6-8(14)5-4-7-2-1-3-9(12)10(7)13;11-10(16)9-6-3-1-2-4-7(6)13(12-9)5-8(14)15;1-4(5)2-3-6;2-1-4-3;;;;;/h2-8,14,31H,9-13H2,1H3,(H2,26,34)(H,27,32);2-4,9,16,18H,5-8H2,1H3,(H,17,19);1-3H,4-6H2;1-4H,5H2,(H2,11,16)(H,14,15);4,6H,2-3,5H2,1H3;1,3H;2*1H4;;;/q;;;;;;;;2*+1;-1/p-1/t14-;9-;;;4-;;;;;;/m11..1....../s1. The topological polar surface area (TPSA) is 403 Å². The van der Waals surface area contributed by atoms with E-state index in [2.05, 4.69) is 31.0 Å². The number of nitrogens with one attached hydrogen (secondary N) is 3. The second-order valence-corrected chi connectivity index (χ2v) is 21.4. The van der Waals surface area contributed by atoms with Crippen molar-refractivity contribution >= 4 is 116 Å². The number of aromatic nitrogens is 4. The van der Waals surface area contributed by atoms with Crippen LogP contribution in [-0.2, 0) is 66.3 Å². The summed E-state index contributed by atoms with van der Waals surface area (Å²) in [7, 11) is 0. The Labute approximate surface area is 666 Å². The second-order valence-electron chi connectivity index (χ2n) is 19.9. The van der Waals surface area contributed by atoms with Crippen LogP contribution in [0.1, 0.15) is 100 Å². The fourth-order valence-corrected chi connectivity index (χ4v) is 8.63. The number of carboxylic acid groups (broad SMARTS) is 1. The Kier molecular flexibility index (Phi) is 52.5. The van der Waals surface area contributed by atoms with Gasteiger partial charge in [-0.3, -0.25) is 47.7 Å². The smallest absolute Gasteiger partial charge is 1.00 e. The molecule has 0 saturated heterocycles. The van der Waals surface area contributed by atoms with E-state index in [9.17, 15) is 51.8 Å². The maximum atomic E-state index is 14.1. The van der Waals surface area contributed by atoms with Crippen LogP contribution < -0.4 is 141 Å². The third-order valence-electron chi connectivity index (χ3n) is 12.7. The van der Waals surface area contributed by atoms with Crippen molar-refractivity contribution < 1.29 is 186 Å². The van der Waals surface area contributed by atoms with Crippen LogP contribution in [0.25, 0.3) is 21.8 Å². The Morgan fingerprint density at radius 3 is 1.46 bits per heavy atom. The zero-order chi connectivity index (χ0) is 69.7. The number of amides is 5. The molecule has 7 aromatic rings. The van der Waals surface area contributed by atoms with Crippen molar-refractivity contribution in [2.24, 2.45) is 17.2 Å². The molecule has 0 spiro atoms. The maximum Gasteiger partial charge on any atom is 1.00 e. The summed E-state index contributed by atoms with van der Waals surface area (Å²) in [6.07, 6.45) is 2.13. The number of nitrogens with zero attached hydrogens (tertiary/aromatic N) is 5. The van der Waals surface area contributed by atoms with Crippen molar-refractivity contribution in [2.75, 3.05) is 38.8 Å². The quantitative estimate of drug-likeness (QED) is 0.0109. The molecule has 0 fully saturated rings. The molecule has 0 aliphatic rings. The summed E-state index contributed by atoms with van der Waals surface area (Å²) < 4.78 is 43.5. The molecule has 0 radical (unpaired) electrons. The number of alkyl halides is 1. The number of ketones is 1. The van der Waals surface area contributed by atoms with E-state index in [1.54, 1.807) is 85.8 Å². The van der Waals surface area contributed by atoms with Crippen LogP contribution in [0.4, 0.5) is 13.2 Å². The molecule has 0 aliphatic heterocycles. The molecule has 3 atom stereocenters. The Morgan fingerprint density at radius 1 is 0.660 bits per heavy atom. The van der Waals surface area contributed by atoms with Crippen LogP contribution in [0.15, 0.2) is 103 Å². The number of para-hydroxylation sites is 2. The summed E-state index contributed by atoms with van der Waals surface area (Å²) in [4.78, 5) is 94.2. The molecule has 13 N–H and O–H groups in total. The summed E-state index contributed by atoms with van der Waals surface area (Å²) >= 11 is 22.3. The molecule has 0 unspecified atom stereocenters. The van der Waals surface area contributed by atoms with Gasteiger partial charge in [-0.15, -0.1) is 11.6 Å². The Balaban J connectivity index is -0.000000594. The molecule has 25 nitrogen and oxygen atoms in total. The number of carbonyl (C=O) groups is 8. The third kappa shape index (κ3) is 35.2. The van der Waals surface area contributed by atoms with Crippen molar-refractivity contribution in [1.82, 2.24) is 40.4 Å². The van der Waals surface area contributed by atoms with Crippen LogP contribution in [0, 0.1) is 17.5 Å². The molecule has 2 heterocycles. The summed E-state index contributed by atoms with van der Waals surface area (Å²) in [6, 6.07) is 27.3. The van der Waals surface area contributed by atoms with E-state index in [-0.39, 0.29) is 259 Å². The van der Waals surface area contributed by atoms with Gasteiger partial charge in [0.05, 0.1) is 45.1 Å². The van der Waals surface area contributed by atoms with Crippen molar-refractivity contribution in [2.45, 2.75) is 112 Å². The van der Waals surface area contributed by atoms with E-state index in [0.29, 0.717) is 52.2 Å². The molecule has 5 aromatic carbocycles. The third-order valence-corrected chi connectivity index (χ3v) is 13.9. The summed E-state index contributed by atoms with van der Waals surface area (Å²) in [6.45, 7) is 4.62. The average molecular weight is 1490 g/mol. The molecule has 5 amide bonds. The van der Waals surface area contributed by atoms with Gasteiger partial charge in [-0.05, 0) is 82.3 Å². The van der Waals surface area contributed by atoms with Crippen LogP contribution in [0.3, 0.4) is 0 Å². The Bertz CT molecular complexity index is 3590. The van der Waals surface area contributed by atoms with E-state index in [1.165, 1.54) is 38.5 Å². The van der Waals surface area contributed by atoms with Crippen molar-refractivity contribution in [3.8, 4) is 0 Å². The summed E-state index contributed by atoms with van der Waals surface area (Å²) in [5, 5.41) is 60.7. The Hall–Kier alpha value is -5.02. The molecule has 97 heavy (non-hydrogen) atoms. The number of halogens is 7. The van der Waals surface area contributed by atoms with Gasteiger partial charge in [0.1, 0.15) is 36.3 Å².